The predicted molar refractivity (Wildman–Crippen MR) is 231 cm³/mol. The lowest BCUT2D eigenvalue weighted by atomic mass is 9.57. The number of anilines is 2. The van der Waals surface area contributed by atoms with Gasteiger partial charge >= 0.3 is 11.9 Å². The number of imide groups is 1. The van der Waals surface area contributed by atoms with Gasteiger partial charge in [0.25, 0.3) is 5.91 Å². The zero-order valence-corrected chi connectivity index (χ0v) is 35.8. The van der Waals surface area contributed by atoms with Crippen LogP contribution in [0.3, 0.4) is 0 Å². The summed E-state index contributed by atoms with van der Waals surface area (Å²) in [4.78, 5) is 57.0. The van der Waals surface area contributed by atoms with Crippen LogP contribution in [0.15, 0.2) is 59.5 Å². The number of amides is 3. The second kappa shape index (κ2) is 16.2. The van der Waals surface area contributed by atoms with Crippen molar-refractivity contribution >= 4 is 51.0 Å². The molecule has 4 fully saturated rings. The summed E-state index contributed by atoms with van der Waals surface area (Å²) in [5, 5.41) is 25.3. The molecule has 1 unspecified atom stereocenters. The van der Waals surface area contributed by atoms with E-state index in [1.807, 2.05) is 29.1 Å². The number of rotatable bonds is 10. The number of pyridine rings is 1. The van der Waals surface area contributed by atoms with Crippen LogP contribution in [0.25, 0.3) is 21.9 Å². The minimum atomic E-state index is -4.69. The summed E-state index contributed by atoms with van der Waals surface area (Å²) in [6.07, 6.45) is 6.66. The highest BCUT2D eigenvalue weighted by Gasteiger charge is 2.46. The maximum atomic E-state index is 13.3. The van der Waals surface area contributed by atoms with Crippen LogP contribution in [0.5, 0.6) is 0 Å². The number of carbonyl (C=O) groups excluding carboxylic acids is 3. The van der Waals surface area contributed by atoms with E-state index < -0.39 is 35.3 Å². The molecule has 2 saturated carbocycles. The number of halogens is 3. The van der Waals surface area contributed by atoms with E-state index in [1.54, 1.807) is 37.6 Å². The maximum absolute atomic E-state index is 13.3. The minimum absolute atomic E-state index is 0.203. The Bertz CT molecular complexity index is 2640. The zero-order chi connectivity index (χ0) is 44.4. The fraction of sp³-hybridized carbons (Fsp3) is 0.522. The molecule has 63 heavy (non-hydrogen) atoms. The lowest BCUT2D eigenvalue weighted by Gasteiger charge is -2.53. The van der Waals surface area contributed by atoms with E-state index in [0.29, 0.717) is 40.3 Å². The smallest absolute Gasteiger partial charge is 0.386 e. The van der Waals surface area contributed by atoms with Crippen molar-refractivity contribution in [1.82, 2.24) is 34.1 Å². The summed E-state index contributed by atoms with van der Waals surface area (Å²) in [7, 11) is 1.73. The van der Waals surface area contributed by atoms with E-state index in [0.717, 1.165) is 80.6 Å². The molecule has 3 aromatic heterocycles. The van der Waals surface area contributed by atoms with Crippen LogP contribution in [0.2, 0.25) is 0 Å². The summed E-state index contributed by atoms with van der Waals surface area (Å²) in [6, 6.07) is 11.9. The Labute approximate surface area is 362 Å². The lowest BCUT2D eigenvalue weighted by Crippen LogP contribution is -2.49. The molecule has 9 rings (SSSR count). The number of nitrogens with zero attached hydrogens (tertiary/aromatic N) is 6. The van der Waals surface area contributed by atoms with Crippen molar-refractivity contribution in [2.75, 3.05) is 36.8 Å². The van der Waals surface area contributed by atoms with Gasteiger partial charge in [0.2, 0.25) is 11.8 Å². The first-order valence-electron chi connectivity index (χ1n) is 22.1. The molecule has 0 radical (unpaired) electrons. The molecule has 0 bridgehead atoms. The number of alkyl halides is 3. The number of para-hydroxylation sites is 1. The molecule has 2 saturated heterocycles. The highest BCUT2D eigenvalue weighted by atomic mass is 19.4. The van der Waals surface area contributed by atoms with Crippen LogP contribution >= 0.6 is 0 Å². The van der Waals surface area contributed by atoms with E-state index in [2.05, 4.69) is 25.8 Å². The number of likely N-dealkylation sites (tertiary alicyclic amines) is 1. The molecule has 2 aliphatic heterocycles. The summed E-state index contributed by atoms with van der Waals surface area (Å²) in [5.74, 6) is -0.407. The zero-order valence-electron chi connectivity index (χ0n) is 35.8. The number of aliphatic hydroxyl groups is 1. The molecule has 1 atom stereocenters. The second-order valence-electron chi connectivity index (χ2n) is 19.0. The van der Waals surface area contributed by atoms with Crippen LogP contribution in [-0.2, 0) is 28.4 Å². The van der Waals surface area contributed by atoms with Crippen molar-refractivity contribution in [1.29, 1.82) is 0 Å². The van der Waals surface area contributed by atoms with Gasteiger partial charge in [0.15, 0.2) is 0 Å². The monoisotopic (exact) mass is 869 g/mol. The third-order valence-electron chi connectivity index (χ3n) is 14.1. The average Bonchev–Trinajstić information content (AvgIpc) is 3.76. The molecule has 5 heterocycles. The highest BCUT2D eigenvalue weighted by Crippen LogP contribution is 2.53. The van der Waals surface area contributed by atoms with E-state index >= 15 is 0 Å². The largest absolute Gasteiger partial charge is 0.433 e. The lowest BCUT2D eigenvalue weighted by molar-refractivity contribution is -0.141. The minimum Gasteiger partial charge on any atom is -0.386 e. The molecule has 4 aliphatic rings. The van der Waals surface area contributed by atoms with Crippen LogP contribution in [0.4, 0.5) is 24.5 Å². The molecular weight excluding hydrogens is 816 g/mol. The standard InChI is InChI=1S/C46H54F3N9O5/c1-44(2,63)31-21-34-29(20-35(31)52-41(60)33-7-5-9-38(51-33)46(47,48)49)26-57(54-34)30-12-10-27(11-13-30)25-56-18-16-45(17-19-56)22-28(23-45)24-50-32-6-4-8-36-40(32)55(3)43(62)58(36)37-14-15-39(59)53-42(37)61/h4-9,20-21,26-28,30,37,50,63H,10-19,22-25H2,1-3H3,(H,52,60)(H,53,59,61)/t27-,30-,37?. The maximum Gasteiger partial charge on any atom is 0.433 e. The molecule has 5 aromatic rings. The normalized spacial score (nSPS) is 22.4. The summed E-state index contributed by atoms with van der Waals surface area (Å²) >= 11 is 0. The van der Waals surface area contributed by atoms with Gasteiger partial charge in [0.1, 0.15) is 17.4 Å². The number of imidazole rings is 1. The van der Waals surface area contributed by atoms with E-state index in [-0.39, 0.29) is 35.4 Å². The number of hydrogen-bond donors (Lipinski definition) is 4. The van der Waals surface area contributed by atoms with Crippen molar-refractivity contribution in [3.63, 3.8) is 0 Å². The van der Waals surface area contributed by atoms with Crippen LogP contribution in [0.1, 0.15) is 112 Å². The second-order valence-corrected chi connectivity index (χ2v) is 19.0. The topological polar surface area (TPSA) is 168 Å². The average molecular weight is 870 g/mol. The van der Waals surface area contributed by atoms with Gasteiger partial charge < -0.3 is 20.6 Å². The predicted octanol–water partition coefficient (Wildman–Crippen LogP) is 6.90. The highest BCUT2D eigenvalue weighted by molar-refractivity contribution is 6.04. The fourth-order valence-electron chi connectivity index (χ4n) is 10.7. The fourth-order valence-corrected chi connectivity index (χ4v) is 10.7. The Balaban J connectivity index is 0.759. The van der Waals surface area contributed by atoms with Crippen LogP contribution in [-0.4, -0.2) is 77.8 Å². The molecule has 2 aliphatic carbocycles. The molecule has 14 nitrogen and oxygen atoms in total. The van der Waals surface area contributed by atoms with Crippen molar-refractivity contribution in [3.8, 4) is 0 Å². The van der Waals surface area contributed by atoms with Crippen LogP contribution in [0, 0.1) is 17.3 Å². The summed E-state index contributed by atoms with van der Waals surface area (Å²) < 4.78 is 44.9. The molecule has 4 N–H and O–H groups in total. The van der Waals surface area contributed by atoms with E-state index in [9.17, 15) is 37.5 Å². The third-order valence-corrected chi connectivity index (χ3v) is 14.1. The SMILES string of the molecule is Cn1c(=O)n(C2CCC(=O)NC2=O)c2cccc(NCC3CC4(CCN(C[C@H]5CC[C@H](n6cc7cc(NC(=O)c8cccc(C(F)(F)F)n8)c(C(C)(C)O)cc7n6)CC5)CC4)C3)c21. The Morgan fingerprint density at radius 1 is 0.952 bits per heavy atom. The number of hydrogen-bond acceptors (Lipinski definition) is 9. The number of aryl methyl sites for hydroxylation is 1. The molecule has 3 amide bonds. The Hall–Kier alpha value is -5.55. The number of carbonyl (C=O) groups is 3. The Morgan fingerprint density at radius 2 is 1.68 bits per heavy atom. The van der Waals surface area contributed by atoms with E-state index in [1.165, 1.54) is 36.3 Å². The molecule has 2 aromatic carbocycles. The van der Waals surface area contributed by atoms with Gasteiger partial charge in [-0.05, 0) is 138 Å². The first-order valence-corrected chi connectivity index (χ1v) is 22.1. The van der Waals surface area contributed by atoms with Crippen molar-refractivity contribution in [3.05, 3.63) is 82.2 Å². The van der Waals surface area contributed by atoms with Gasteiger partial charge in [-0.25, -0.2) is 9.78 Å². The number of nitrogens with one attached hydrogen (secondary N) is 3. The Kier molecular flexibility index (Phi) is 11.0. The number of benzene rings is 2. The molecular formula is C46H54F3N9O5. The van der Waals surface area contributed by atoms with Crippen molar-refractivity contribution < 1.29 is 32.7 Å². The summed E-state index contributed by atoms with van der Waals surface area (Å²) in [6.45, 7) is 7.28. The van der Waals surface area contributed by atoms with Crippen molar-refractivity contribution in [2.24, 2.45) is 24.3 Å². The number of aromatic nitrogens is 5. The number of piperidine rings is 2. The first kappa shape index (κ1) is 42.7. The first-order chi connectivity index (χ1) is 29.9. The number of fused-ring (bicyclic) bond motifs is 2. The molecule has 17 heteroatoms. The van der Waals surface area contributed by atoms with Gasteiger partial charge in [-0.3, -0.25) is 33.5 Å². The molecule has 334 valence electrons. The Morgan fingerprint density at radius 3 is 2.38 bits per heavy atom. The molecule has 1 spiro atoms. The quantitative estimate of drug-likeness (QED) is 0.109. The van der Waals surface area contributed by atoms with Crippen LogP contribution < -0.4 is 21.6 Å². The van der Waals surface area contributed by atoms with Gasteiger partial charge in [-0.15, -0.1) is 0 Å². The van der Waals surface area contributed by atoms with Gasteiger partial charge in [0.05, 0.1) is 33.9 Å². The summed E-state index contributed by atoms with van der Waals surface area (Å²) in [5.41, 5.74) is 0.858. The third kappa shape index (κ3) is 8.48. The van der Waals surface area contributed by atoms with Crippen molar-refractivity contribution in [2.45, 2.75) is 102 Å². The van der Waals surface area contributed by atoms with Gasteiger partial charge in [-0.1, -0.05) is 12.1 Å². The van der Waals surface area contributed by atoms with Gasteiger partial charge in [-0.2, -0.15) is 18.3 Å². The van der Waals surface area contributed by atoms with Gasteiger partial charge in [0, 0.05) is 49.4 Å². The van der Waals surface area contributed by atoms with E-state index in [4.69, 9.17) is 5.10 Å².